The minimum Gasteiger partial charge on any atom is -0.439 e. The summed E-state index contributed by atoms with van der Waals surface area (Å²) in [5, 5.41) is 3.11. The molecule has 4 aromatic heterocycles. The summed E-state index contributed by atoms with van der Waals surface area (Å²) in [5.74, 6) is 3.05. The van der Waals surface area contributed by atoms with Crippen molar-refractivity contribution in [1.29, 1.82) is 0 Å². The lowest BCUT2D eigenvalue weighted by atomic mass is 10.0. The highest BCUT2D eigenvalue weighted by Gasteiger charge is 2.24. The van der Waals surface area contributed by atoms with E-state index in [1.54, 1.807) is 0 Å². The van der Waals surface area contributed by atoms with E-state index < -0.39 is 0 Å². The first-order chi connectivity index (χ1) is 26.2. The van der Waals surface area contributed by atoms with Crippen molar-refractivity contribution in [2.75, 3.05) is 0 Å². The molecule has 7 nitrogen and oxygen atoms in total. The van der Waals surface area contributed by atoms with Crippen LogP contribution in [0.4, 0.5) is 0 Å². The van der Waals surface area contributed by atoms with Crippen molar-refractivity contribution in [3.63, 3.8) is 0 Å². The summed E-state index contributed by atoms with van der Waals surface area (Å²) in [7, 11) is 0. The maximum Gasteiger partial charge on any atom is 0.241 e. The lowest BCUT2D eigenvalue weighted by molar-refractivity contribution is 0.641. The molecule has 0 amide bonds. The highest BCUT2D eigenvalue weighted by molar-refractivity contribution is 6.20. The molecule has 10 aromatic rings. The molecule has 0 spiro atoms. The number of rotatable bonds is 7. The fraction of sp³-hybridized carbons (Fsp3) is 0.0870. The minimum absolute atomic E-state index is 0.290. The van der Waals surface area contributed by atoms with Crippen LogP contribution in [-0.4, -0.2) is 29.1 Å². The van der Waals surface area contributed by atoms with Gasteiger partial charge in [-0.3, -0.25) is 4.57 Å². The largest absolute Gasteiger partial charge is 0.439 e. The van der Waals surface area contributed by atoms with Crippen LogP contribution in [0.5, 0.6) is 0 Å². The molecule has 1 unspecified atom stereocenters. The molecule has 254 valence electrons. The third kappa shape index (κ3) is 5.04. The van der Waals surface area contributed by atoms with E-state index in [4.69, 9.17) is 24.4 Å². The lowest BCUT2D eigenvalue weighted by Gasteiger charge is -2.15. The molecule has 4 heterocycles. The number of imidazole rings is 1. The third-order valence-corrected chi connectivity index (χ3v) is 10.3. The average Bonchev–Trinajstić information content (AvgIpc) is 3.90. The third-order valence-electron chi connectivity index (χ3n) is 10.3. The zero-order valence-electron chi connectivity index (χ0n) is 29.3. The van der Waals surface area contributed by atoms with Gasteiger partial charge in [0.1, 0.15) is 11.4 Å². The van der Waals surface area contributed by atoms with Crippen molar-refractivity contribution in [1.82, 2.24) is 29.1 Å². The average molecular weight is 687 g/mol. The second kappa shape index (κ2) is 12.4. The van der Waals surface area contributed by atoms with Gasteiger partial charge in [-0.25, -0.2) is 14.5 Å². The standard InChI is InChI=1S/C46H34N6O/c1-3-29(2)44-47-37-24-15-23-34(41(37)51(44)33-20-11-6-12-21-33)32-26-27-39-36(28-32)40-35-22-13-14-25-38(35)52(45(40)53-39)46-49-42(30-16-7-4-8-17-30)48-43(50-46)31-18-9-5-10-19-31/h4-29H,3H2,1-2H3. The maximum absolute atomic E-state index is 6.78. The number of hydrogen-bond donors (Lipinski definition) is 0. The Kier molecular flexibility index (Phi) is 7.25. The molecule has 53 heavy (non-hydrogen) atoms. The van der Waals surface area contributed by atoms with Crippen LogP contribution in [-0.2, 0) is 0 Å². The molecule has 0 aliphatic rings. The summed E-state index contributed by atoms with van der Waals surface area (Å²) in [4.78, 5) is 20.3. The smallest absolute Gasteiger partial charge is 0.241 e. The van der Waals surface area contributed by atoms with Crippen molar-refractivity contribution in [3.05, 3.63) is 157 Å². The number of fused-ring (bicyclic) bond motifs is 6. The Labute approximate surface area is 305 Å². The van der Waals surface area contributed by atoms with Gasteiger partial charge in [0.15, 0.2) is 11.6 Å². The van der Waals surface area contributed by atoms with Gasteiger partial charge in [-0.15, -0.1) is 0 Å². The molecule has 0 bridgehead atoms. The van der Waals surface area contributed by atoms with E-state index in [-0.39, 0.29) is 5.92 Å². The number of furan rings is 1. The Morgan fingerprint density at radius 2 is 1.25 bits per heavy atom. The monoisotopic (exact) mass is 686 g/mol. The predicted molar refractivity (Wildman–Crippen MR) is 214 cm³/mol. The van der Waals surface area contributed by atoms with Gasteiger partial charge in [0.25, 0.3) is 0 Å². The molecule has 0 fully saturated rings. The molecule has 0 aliphatic carbocycles. The predicted octanol–water partition coefficient (Wildman–Crippen LogP) is 11.6. The van der Waals surface area contributed by atoms with Crippen LogP contribution < -0.4 is 0 Å². The number of benzene rings is 6. The Balaban J connectivity index is 1.22. The molecule has 7 heteroatoms. The quantitative estimate of drug-likeness (QED) is 0.167. The second-order valence-corrected chi connectivity index (χ2v) is 13.5. The number of aromatic nitrogens is 6. The van der Waals surface area contributed by atoms with Crippen molar-refractivity contribution in [2.45, 2.75) is 26.2 Å². The van der Waals surface area contributed by atoms with Gasteiger partial charge >= 0.3 is 0 Å². The number of hydrogen-bond acceptors (Lipinski definition) is 5. The Morgan fingerprint density at radius 1 is 0.585 bits per heavy atom. The minimum atomic E-state index is 0.290. The van der Waals surface area contributed by atoms with E-state index in [9.17, 15) is 0 Å². The van der Waals surface area contributed by atoms with Crippen molar-refractivity contribution in [3.8, 4) is 45.5 Å². The van der Waals surface area contributed by atoms with Gasteiger partial charge in [0, 0.05) is 39.1 Å². The first-order valence-corrected chi connectivity index (χ1v) is 18.1. The van der Waals surface area contributed by atoms with Crippen LogP contribution in [0.15, 0.2) is 156 Å². The number of nitrogens with zero attached hydrogens (tertiary/aromatic N) is 6. The van der Waals surface area contributed by atoms with Crippen LogP contribution in [0.2, 0.25) is 0 Å². The molecule has 0 aliphatic heterocycles. The van der Waals surface area contributed by atoms with Gasteiger partial charge in [-0.2, -0.15) is 9.97 Å². The van der Waals surface area contributed by atoms with Gasteiger partial charge in [-0.05, 0) is 48.4 Å². The van der Waals surface area contributed by atoms with Crippen LogP contribution in [0, 0.1) is 0 Å². The molecule has 0 radical (unpaired) electrons. The fourth-order valence-corrected chi connectivity index (χ4v) is 7.48. The molecule has 1 atom stereocenters. The molecule has 0 saturated heterocycles. The SMILES string of the molecule is CCC(C)c1nc2cccc(-c3ccc4oc5c(c4c3)c3ccccc3n5-c3nc(-c4ccccc4)nc(-c4ccccc4)n3)c2n1-c1ccccc1. The van der Waals surface area contributed by atoms with E-state index in [0.29, 0.717) is 23.3 Å². The van der Waals surface area contributed by atoms with E-state index in [1.807, 2.05) is 71.3 Å². The zero-order valence-corrected chi connectivity index (χ0v) is 29.3. The van der Waals surface area contributed by atoms with Gasteiger partial charge < -0.3 is 4.42 Å². The molecular formula is C46H34N6O. The highest BCUT2D eigenvalue weighted by Crippen LogP contribution is 2.42. The van der Waals surface area contributed by atoms with Crippen LogP contribution in [0.1, 0.15) is 32.0 Å². The summed E-state index contributed by atoms with van der Waals surface area (Å²) in [6.07, 6.45) is 0.995. The van der Waals surface area contributed by atoms with E-state index in [1.165, 1.54) is 0 Å². The molecular weight excluding hydrogens is 653 g/mol. The Morgan fingerprint density at radius 3 is 1.94 bits per heavy atom. The number of para-hydroxylation sites is 3. The fourth-order valence-electron chi connectivity index (χ4n) is 7.48. The second-order valence-electron chi connectivity index (χ2n) is 13.5. The maximum atomic E-state index is 6.78. The van der Waals surface area contributed by atoms with Crippen molar-refractivity contribution >= 4 is 44.0 Å². The van der Waals surface area contributed by atoms with Gasteiger partial charge in [0.2, 0.25) is 11.7 Å². The summed E-state index contributed by atoms with van der Waals surface area (Å²) in [6, 6.07) is 51.9. The van der Waals surface area contributed by atoms with Crippen LogP contribution in [0.3, 0.4) is 0 Å². The van der Waals surface area contributed by atoms with Crippen molar-refractivity contribution < 1.29 is 4.42 Å². The normalized spacial score (nSPS) is 12.3. The van der Waals surface area contributed by atoms with E-state index >= 15 is 0 Å². The zero-order chi connectivity index (χ0) is 35.5. The van der Waals surface area contributed by atoms with Crippen LogP contribution >= 0.6 is 0 Å². The molecule has 0 saturated carbocycles. The Hall–Kier alpha value is -6.86. The molecule has 6 aromatic carbocycles. The first-order valence-electron chi connectivity index (χ1n) is 18.1. The first kappa shape index (κ1) is 30.9. The lowest BCUT2D eigenvalue weighted by Crippen LogP contribution is -2.06. The topological polar surface area (TPSA) is 74.6 Å². The van der Waals surface area contributed by atoms with E-state index in [2.05, 4.69) is 103 Å². The summed E-state index contributed by atoms with van der Waals surface area (Å²) in [5.41, 5.74) is 9.66. The summed E-state index contributed by atoms with van der Waals surface area (Å²) >= 11 is 0. The van der Waals surface area contributed by atoms with Crippen LogP contribution in [0.25, 0.3) is 89.5 Å². The van der Waals surface area contributed by atoms with Gasteiger partial charge in [0.05, 0.1) is 21.9 Å². The molecule has 10 rings (SSSR count). The van der Waals surface area contributed by atoms with E-state index in [0.717, 1.165) is 78.5 Å². The highest BCUT2D eigenvalue weighted by atomic mass is 16.3. The Bertz CT molecular complexity index is 2890. The van der Waals surface area contributed by atoms with Gasteiger partial charge in [-0.1, -0.05) is 129 Å². The summed E-state index contributed by atoms with van der Waals surface area (Å²) in [6.45, 7) is 4.47. The molecule has 0 N–H and O–H groups in total. The summed E-state index contributed by atoms with van der Waals surface area (Å²) < 4.78 is 11.2. The van der Waals surface area contributed by atoms with Crippen molar-refractivity contribution in [2.24, 2.45) is 0 Å².